The zero-order valence-corrected chi connectivity index (χ0v) is 9.90. The van der Waals surface area contributed by atoms with Gasteiger partial charge in [-0.2, -0.15) is 0 Å². The van der Waals surface area contributed by atoms with Gasteiger partial charge in [-0.25, -0.2) is 0 Å². The molecular weight excluding hydrogens is 232 g/mol. The molecular formula is C13H14N2O3. The third-order valence-electron chi connectivity index (χ3n) is 3.55. The van der Waals surface area contributed by atoms with E-state index in [1.54, 1.807) is 6.07 Å². The van der Waals surface area contributed by atoms with E-state index in [4.69, 9.17) is 0 Å². The Morgan fingerprint density at radius 3 is 2.94 bits per heavy atom. The number of aromatic nitrogens is 1. The summed E-state index contributed by atoms with van der Waals surface area (Å²) in [5, 5.41) is 23.2. The number of carbonyl (C=O) groups is 1. The van der Waals surface area contributed by atoms with Crippen molar-refractivity contribution < 1.29 is 15.0 Å². The summed E-state index contributed by atoms with van der Waals surface area (Å²) < 4.78 is 0. The number of aromatic hydroxyl groups is 1. The molecule has 0 spiro atoms. The topological polar surface area (TPSA) is 85.4 Å². The fraction of sp³-hybridized carbons (Fsp3) is 0.308. The Labute approximate surface area is 103 Å². The molecule has 5 nitrogen and oxygen atoms in total. The van der Waals surface area contributed by atoms with Crippen LogP contribution in [0.4, 0.5) is 0 Å². The van der Waals surface area contributed by atoms with Gasteiger partial charge in [-0.1, -0.05) is 0 Å². The van der Waals surface area contributed by atoms with E-state index in [9.17, 15) is 15.0 Å². The molecule has 0 saturated heterocycles. The van der Waals surface area contributed by atoms with Gasteiger partial charge in [-0.15, -0.1) is 0 Å². The molecule has 1 aliphatic heterocycles. The highest BCUT2D eigenvalue weighted by Gasteiger charge is 2.29. The Kier molecular flexibility index (Phi) is 2.31. The first-order valence-electron chi connectivity index (χ1n) is 5.88. The van der Waals surface area contributed by atoms with Crippen LogP contribution < -0.4 is 5.32 Å². The maximum absolute atomic E-state index is 11.2. The molecule has 5 heteroatoms. The van der Waals surface area contributed by atoms with Gasteiger partial charge in [0.2, 0.25) is 0 Å². The second-order valence-electron chi connectivity index (χ2n) is 4.72. The standard InChI is InChI=1S/C13H14N2O3/c1-6-11-10(16)3-2-8-12(11)7(5-14-8)4-9(15-6)13(17)18/h2-3,5-6,9,14-16H,4H2,1H3,(H,17,18)/t6-,9-/m0/s1. The second-order valence-corrected chi connectivity index (χ2v) is 4.72. The van der Waals surface area contributed by atoms with Crippen LogP contribution in [-0.4, -0.2) is 27.2 Å². The Bertz CT molecular complexity index is 632. The zero-order valence-electron chi connectivity index (χ0n) is 9.90. The molecule has 2 atom stereocenters. The molecule has 3 rings (SSSR count). The summed E-state index contributed by atoms with van der Waals surface area (Å²) in [5.41, 5.74) is 2.63. The molecule has 2 aromatic rings. The lowest BCUT2D eigenvalue weighted by Gasteiger charge is -2.18. The summed E-state index contributed by atoms with van der Waals surface area (Å²) in [4.78, 5) is 14.3. The molecule has 0 unspecified atom stereocenters. The first-order valence-corrected chi connectivity index (χ1v) is 5.88. The summed E-state index contributed by atoms with van der Waals surface area (Å²) in [6.07, 6.45) is 2.24. The Hall–Kier alpha value is -2.01. The number of phenols is 1. The average Bonchev–Trinajstić information content (AvgIpc) is 2.63. The lowest BCUT2D eigenvalue weighted by atomic mass is 10.0. The SMILES string of the molecule is C[C@@H]1N[C@H](C(=O)O)Cc2c[nH]c3ccc(O)c1c23. The smallest absolute Gasteiger partial charge is 0.321 e. The highest BCUT2D eigenvalue weighted by molar-refractivity contribution is 5.90. The number of aliphatic carboxylic acids is 1. The van der Waals surface area contributed by atoms with E-state index in [0.29, 0.717) is 6.42 Å². The number of nitrogens with one attached hydrogen (secondary N) is 2. The van der Waals surface area contributed by atoms with Crippen molar-refractivity contribution in [1.29, 1.82) is 0 Å². The predicted molar refractivity (Wildman–Crippen MR) is 66.6 cm³/mol. The van der Waals surface area contributed by atoms with Crippen LogP contribution in [0.3, 0.4) is 0 Å². The number of benzene rings is 1. The van der Waals surface area contributed by atoms with E-state index in [2.05, 4.69) is 10.3 Å². The van der Waals surface area contributed by atoms with Gasteiger partial charge >= 0.3 is 5.97 Å². The maximum Gasteiger partial charge on any atom is 0.321 e. The van der Waals surface area contributed by atoms with Crippen LogP contribution in [0.5, 0.6) is 5.75 Å². The Balaban J connectivity index is 2.25. The van der Waals surface area contributed by atoms with Gasteiger partial charge < -0.3 is 15.2 Å². The largest absolute Gasteiger partial charge is 0.508 e. The van der Waals surface area contributed by atoms with Crippen molar-refractivity contribution in [3.8, 4) is 5.75 Å². The Morgan fingerprint density at radius 1 is 1.44 bits per heavy atom. The Morgan fingerprint density at radius 2 is 2.22 bits per heavy atom. The van der Waals surface area contributed by atoms with Crippen molar-refractivity contribution in [3.05, 3.63) is 29.5 Å². The zero-order chi connectivity index (χ0) is 12.9. The first-order chi connectivity index (χ1) is 8.58. The molecule has 1 aromatic carbocycles. The van der Waals surface area contributed by atoms with Gasteiger partial charge in [0, 0.05) is 35.1 Å². The van der Waals surface area contributed by atoms with Crippen LogP contribution in [0.2, 0.25) is 0 Å². The maximum atomic E-state index is 11.2. The number of carboxylic acids is 1. The molecule has 0 fully saturated rings. The molecule has 0 saturated carbocycles. The van der Waals surface area contributed by atoms with Crippen molar-refractivity contribution in [2.45, 2.75) is 25.4 Å². The molecule has 18 heavy (non-hydrogen) atoms. The number of hydrogen-bond acceptors (Lipinski definition) is 3. The molecule has 94 valence electrons. The van der Waals surface area contributed by atoms with E-state index in [0.717, 1.165) is 22.0 Å². The fourth-order valence-corrected chi connectivity index (χ4v) is 2.73. The molecule has 1 aliphatic rings. The molecule has 0 bridgehead atoms. The van der Waals surface area contributed by atoms with Crippen molar-refractivity contribution in [1.82, 2.24) is 10.3 Å². The third-order valence-corrected chi connectivity index (χ3v) is 3.55. The number of aromatic amines is 1. The van der Waals surface area contributed by atoms with Crippen molar-refractivity contribution in [3.63, 3.8) is 0 Å². The highest BCUT2D eigenvalue weighted by Crippen LogP contribution is 2.36. The number of H-pyrrole nitrogens is 1. The van der Waals surface area contributed by atoms with Crippen molar-refractivity contribution in [2.75, 3.05) is 0 Å². The highest BCUT2D eigenvalue weighted by atomic mass is 16.4. The van der Waals surface area contributed by atoms with Crippen LogP contribution in [-0.2, 0) is 11.2 Å². The molecule has 0 amide bonds. The number of hydrogen-bond donors (Lipinski definition) is 4. The molecule has 2 heterocycles. The molecule has 0 radical (unpaired) electrons. The summed E-state index contributed by atoms with van der Waals surface area (Å²) in [6, 6.07) is 2.61. The lowest BCUT2D eigenvalue weighted by molar-refractivity contribution is -0.139. The molecule has 4 N–H and O–H groups in total. The van der Waals surface area contributed by atoms with Gasteiger partial charge in [0.25, 0.3) is 0 Å². The van der Waals surface area contributed by atoms with Crippen LogP contribution in [0.1, 0.15) is 24.1 Å². The minimum absolute atomic E-state index is 0.202. The number of rotatable bonds is 1. The van der Waals surface area contributed by atoms with E-state index in [1.807, 2.05) is 19.2 Å². The van der Waals surface area contributed by atoms with Crippen LogP contribution >= 0.6 is 0 Å². The molecule has 1 aromatic heterocycles. The normalized spacial score (nSPS) is 22.9. The summed E-state index contributed by atoms with van der Waals surface area (Å²) in [6.45, 7) is 1.87. The monoisotopic (exact) mass is 246 g/mol. The van der Waals surface area contributed by atoms with Crippen LogP contribution in [0.25, 0.3) is 10.9 Å². The summed E-state index contributed by atoms with van der Waals surface area (Å²) >= 11 is 0. The van der Waals surface area contributed by atoms with E-state index in [-0.39, 0.29) is 11.8 Å². The quantitative estimate of drug-likeness (QED) is 0.614. The lowest BCUT2D eigenvalue weighted by Crippen LogP contribution is -2.38. The van der Waals surface area contributed by atoms with Gasteiger partial charge in [0.05, 0.1) is 0 Å². The fourth-order valence-electron chi connectivity index (χ4n) is 2.73. The van der Waals surface area contributed by atoms with E-state index >= 15 is 0 Å². The first kappa shape index (κ1) is 11.1. The molecule has 0 aliphatic carbocycles. The average molecular weight is 246 g/mol. The number of carboxylic acid groups (broad SMARTS) is 1. The van der Waals surface area contributed by atoms with E-state index < -0.39 is 12.0 Å². The predicted octanol–water partition coefficient (Wildman–Crippen LogP) is 1.53. The summed E-state index contributed by atoms with van der Waals surface area (Å²) in [7, 11) is 0. The van der Waals surface area contributed by atoms with Gasteiger partial charge in [0.1, 0.15) is 11.8 Å². The minimum atomic E-state index is -0.872. The minimum Gasteiger partial charge on any atom is -0.508 e. The van der Waals surface area contributed by atoms with Gasteiger partial charge in [-0.3, -0.25) is 10.1 Å². The van der Waals surface area contributed by atoms with Crippen molar-refractivity contribution >= 4 is 16.9 Å². The third kappa shape index (κ3) is 1.48. The van der Waals surface area contributed by atoms with Crippen molar-refractivity contribution in [2.24, 2.45) is 0 Å². The van der Waals surface area contributed by atoms with Gasteiger partial charge in [-0.05, 0) is 24.6 Å². The second kappa shape index (κ2) is 3.74. The van der Waals surface area contributed by atoms with Crippen LogP contribution in [0, 0.1) is 0 Å². The van der Waals surface area contributed by atoms with Crippen LogP contribution in [0.15, 0.2) is 18.3 Å². The number of phenolic OH excluding ortho intramolecular Hbond substituents is 1. The summed E-state index contributed by atoms with van der Waals surface area (Å²) in [5.74, 6) is -0.669. The van der Waals surface area contributed by atoms with E-state index in [1.165, 1.54) is 0 Å². The van der Waals surface area contributed by atoms with Gasteiger partial charge in [0.15, 0.2) is 0 Å².